The lowest BCUT2D eigenvalue weighted by atomic mass is 9.88. The smallest absolute Gasteiger partial charge is 0.322 e. The monoisotopic (exact) mass is 541 g/mol. The van der Waals surface area contributed by atoms with E-state index in [4.69, 9.17) is 0 Å². The fraction of sp³-hybridized carbons (Fsp3) is 0.360. The first-order valence-electron chi connectivity index (χ1n) is 12.3. The average molecular weight is 542 g/mol. The molecule has 38 heavy (non-hydrogen) atoms. The number of amides is 3. The van der Waals surface area contributed by atoms with Crippen LogP contribution in [0.1, 0.15) is 53.1 Å². The number of rotatable bonds is 4. The largest absolute Gasteiger partial charge is 0.323 e. The summed E-state index contributed by atoms with van der Waals surface area (Å²) in [5.41, 5.74) is 1.72. The Labute approximate surface area is 216 Å². The highest BCUT2D eigenvalue weighted by Gasteiger charge is 2.40. The number of imide groups is 1. The van der Waals surface area contributed by atoms with Crippen molar-refractivity contribution in [2.45, 2.75) is 49.1 Å². The Balaban J connectivity index is 1.18. The van der Waals surface area contributed by atoms with Crippen LogP contribution in [0.15, 0.2) is 40.0 Å². The molecule has 3 aliphatic rings. The van der Waals surface area contributed by atoms with Gasteiger partial charge < -0.3 is 14.9 Å². The summed E-state index contributed by atoms with van der Waals surface area (Å²) in [7, 11) is -3.82. The Hall–Kier alpha value is -3.84. The standard InChI is InChI=1S/C25H24FN5O6S/c26-18-11-17-14(12-31(24(17)34)21-3-4-22(32)29-23(21)33)9-16(18)13-5-7-30(8-6-13)38(36,37)15-1-2-19-20(10-15)28-25(35)27-19/h1-2,9-11,13,21H,3-8,12H2,(H2,27,28,35)(H,29,32,33). The van der Waals surface area contributed by atoms with Gasteiger partial charge in [0.15, 0.2) is 0 Å². The van der Waals surface area contributed by atoms with E-state index in [1.54, 1.807) is 6.07 Å². The lowest BCUT2D eigenvalue weighted by Gasteiger charge is -2.31. The van der Waals surface area contributed by atoms with E-state index in [1.165, 1.54) is 33.5 Å². The van der Waals surface area contributed by atoms with Crippen LogP contribution in [0, 0.1) is 5.82 Å². The van der Waals surface area contributed by atoms with Gasteiger partial charge in [-0.1, -0.05) is 6.07 Å². The van der Waals surface area contributed by atoms with Crippen LogP contribution in [0.4, 0.5) is 4.39 Å². The van der Waals surface area contributed by atoms with Crippen molar-refractivity contribution in [3.05, 3.63) is 63.3 Å². The number of halogens is 1. The van der Waals surface area contributed by atoms with Crippen molar-refractivity contribution in [2.75, 3.05) is 13.1 Å². The highest BCUT2D eigenvalue weighted by molar-refractivity contribution is 7.89. The molecule has 6 rings (SSSR count). The Kier molecular flexibility index (Phi) is 5.72. The van der Waals surface area contributed by atoms with E-state index in [0.29, 0.717) is 35.0 Å². The molecule has 0 saturated carbocycles. The van der Waals surface area contributed by atoms with E-state index in [1.807, 2.05) is 0 Å². The summed E-state index contributed by atoms with van der Waals surface area (Å²) in [6.07, 6.45) is 1.14. The van der Waals surface area contributed by atoms with E-state index in [9.17, 15) is 27.6 Å². The third-order valence-electron chi connectivity index (χ3n) is 7.66. The van der Waals surface area contributed by atoms with Gasteiger partial charge in [-0.3, -0.25) is 19.7 Å². The Morgan fingerprint density at radius 2 is 1.66 bits per heavy atom. The first-order valence-corrected chi connectivity index (χ1v) is 13.7. The maximum atomic E-state index is 15.2. The number of benzene rings is 2. The van der Waals surface area contributed by atoms with Gasteiger partial charge in [0.2, 0.25) is 21.8 Å². The number of nitrogens with zero attached hydrogens (tertiary/aromatic N) is 2. The van der Waals surface area contributed by atoms with Crippen LogP contribution in [0.3, 0.4) is 0 Å². The SMILES string of the molecule is O=C1CCC(N2Cc3cc(C4CCN(S(=O)(=O)c5ccc6[nH]c(=O)[nH]c6c5)CC4)c(F)cc3C2=O)C(=O)N1. The van der Waals surface area contributed by atoms with Crippen LogP contribution in [0.2, 0.25) is 0 Å². The zero-order chi connectivity index (χ0) is 26.8. The molecular weight excluding hydrogens is 517 g/mol. The zero-order valence-corrected chi connectivity index (χ0v) is 20.9. The molecule has 198 valence electrons. The molecule has 3 aliphatic heterocycles. The molecule has 0 aliphatic carbocycles. The van der Waals surface area contributed by atoms with Gasteiger partial charge in [0.05, 0.1) is 15.9 Å². The molecule has 3 aromatic rings. The molecule has 1 atom stereocenters. The van der Waals surface area contributed by atoms with Gasteiger partial charge in [-0.2, -0.15) is 4.31 Å². The van der Waals surface area contributed by atoms with Gasteiger partial charge in [-0.05, 0) is 60.6 Å². The van der Waals surface area contributed by atoms with Crippen LogP contribution < -0.4 is 11.0 Å². The summed E-state index contributed by atoms with van der Waals surface area (Å²) in [5, 5.41) is 2.25. The number of piperidine rings is 2. The van der Waals surface area contributed by atoms with Gasteiger partial charge in [-0.15, -0.1) is 0 Å². The van der Waals surface area contributed by atoms with Crippen molar-refractivity contribution in [2.24, 2.45) is 0 Å². The lowest BCUT2D eigenvalue weighted by Crippen LogP contribution is -2.52. The summed E-state index contributed by atoms with van der Waals surface area (Å²) >= 11 is 0. The Bertz CT molecular complexity index is 1670. The lowest BCUT2D eigenvalue weighted by molar-refractivity contribution is -0.136. The average Bonchev–Trinajstić information content (AvgIpc) is 3.41. The Morgan fingerprint density at radius 3 is 2.39 bits per heavy atom. The first-order chi connectivity index (χ1) is 18.1. The molecule has 3 amide bonds. The van der Waals surface area contributed by atoms with Crippen molar-refractivity contribution in [3.8, 4) is 0 Å². The molecule has 0 radical (unpaired) electrons. The molecule has 1 aromatic heterocycles. The number of carbonyl (C=O) groups excluding carboxylic acids is 3. The van der Waals surface area contributed by atoms with Gasteiger partial charge in [0.1, 0.15) is 11.9 Å². The normalized spacial score (nSPS) is 21.2. The molecule has 4 heterocycles. The highest BCUT2D eigenvalue weighted by atomic mass is 32.2. The highest BCUT2D eigenvalue weighted by Crippen LogP contribution is 2.36. The summed E-state index contributed by atoms with van der Waals surface area (Å²) in [6, 6.07) is 6.47. The van der Waals surface area contributed by atoms with Gasteiger partial charge in [0, 0.05) is 31.6 Å². The van der Waals surface area contributed by atoms with E-state index in [2.05, 4.69) is 15.3 Å². The van der Waals surface area contributed by atoms with Crippen molar-refractivity contribution >= 4 is 38.8 Å². The number of hydrogen-bond acceptors (Lipinski definition) is 6. The van der Waals surface area contributed by atoms with E-state index in [-0.39, 0.29) is 54.8 Å². The predicted octanol–water partition coefficient (Wildman–Crippen LogP) is 1.32. The molecule has 2 fully saturated rings. The second-order valence-electron chi connectivity index (χ2n) is 9.90. The number of aromatic nitrogens is 2. The minimum absolute atomic E-state index is 0.0643. The Morgan fingerprint density at radius 1 is 0.921 bits per heavy atom. The van der Waals surface area contributed by atoms with Crippen molar-refractivity contribution in [3.63, 3.8) is 0 Å². The summed E-state index contributed by atoms with van der Waals surface area (Å²) in [6.45, 7) is 0.518. The summed E-state index contributed by atoms with van der Waals surface area (Å²) in [4.78, 5) is 54.8. The maximum absolute atomic E-state index is 15.2. The van der Waals surface area contributed by atoms with Crippen LogP contribution in [0.25, 0.3) is 11.0 Å². The molecule has 2 saturated heterocycles. The van der Waals surface area contributed by atoms with E-state index in [0.717, 1.165) is 0 Å². The van der Waals surface area contributed by atoms with Crippen molar-refractivity contribution in [1.82, 2.24) is 24.5 Å². The number of sulfonamides is 1. The molecule has 3 N–H and O–H groups in total. The maximum Gasteiger partial charge on any atom is 0.323 e. The topological polar surface area (TPSA) is 153 Å². The third-order valence-corrected chi connectivity index (χ3v) is 9.55. The van der Waals surface area contributed by atoms with Gasteiger partial charge in [0.25, 0.3) is 5.91 Å². The van der Waals surface area contributed by atoms with Crippen molar-refractivity contribution in [1.29, 1.82) is 0 Å². The van der Waals surface area contributed by atoms with Crippen LogP contribution >= 0.6 is 0 Å². The predicted molar refractivity (Wildman–Crippen MR) is 132 cm³/mol. The number of imidazole rings is 1. The minimum atomic E-state index is -3.82. The molecule has 13 heteroatoms. The van der Waals surface area contributed by atoms with E-state index >= 15 is 4.39 Å². The summed E-state index contributed by atoms with van der Waals surface area (Å²) in [5.74, 6) is -2.13. The molecule has 2 aromatic carbocycles. The number of carbonyl (C=O) groups is 3. The number of H-pyrrole nitrogens is 2. The van der Waals surface area contributed by atoms with Gasteiger partial charge in [-0.25, -0.2) is 17.6 Å². The summed E-state index contributed by atoms with van der Waals surface area (Å²) < 4.78 is 43.0. The molecular formula is C25H24FN5O6S. The number of aromatic amines is 2. The second-order valence-corrected chi connectivity index (χ2v) is 11.8. The number of fused-ring (bicyclic) bond motifs is 2. The van der Waals surface area contributed by atoms with Crippen LogP contribution in [0.5, 0.6) is 0 Å². The number of hydrogen-bond donors (Lipinski definition) is 3. The molecule has 11 nitrogen and oxygen atoms in total. The fourth-order valence-corrected chi connectivity index (χ4v) is 7.15. The first kappa shape index (κ1) is 24.5. The zero-order valence-electron chi connectivity index (χ0n) is 20.1. The van der Waals surface area contributed by atoms with Gasteiger partial charge >= 0.3 is 5.69 Å². The minimum Gasteiger partial charge on any atom is -0.322 e. The van der Waals surface area contributed by atoms with E-state index < -0.39 is 39.4 Å². The van der Waals surface area contributed by atoms with Crippen LogP contribution in [-0.4, -0.2) is 64.4 Å². The number of nitrogens with one attached hydrogen (secondary N) is 3. The fourth-order valence-electron chi connectivity index (χ4n) is 5.65. The van der Waals surface area contributed by atoms with Crippen molar-refractivity contribution < 1.29 is 27.2 Å². The molecule has 1 unspecified atom stereocenters. The molecule has 0 spiro atoms. The third kappa shape index (κ3) is 4.02. The molecule has 0 bridgehead atoms. The second kappa shape index (κ2) is 8.88. The quantitative estimate of drug-likeness (QED) is 0.424. The van der Waals surface area contributed by atoms with Crippen LogP contribution in [-0.2, 0) is 26.2 Å².